The lowest BCUT2D eigenvalue weighted by Gasteiger charge is -2.34. The van der Waals surface area contributed by atoms with Crippen molar-refractivity contribution in [1.29, 1.82) is 0 Å². The third kappa shape index (κ3) is 4.45. The van der Waals surface area contributed by atoms with Crippen molar-refractivity contribution in [3.05, 3.63) is 71.8 Å². The van der Waals surface area contributed by atoms with Gasteiger partial charge in [-0.25, -0.2) is 0 Å². The number of nitrogens with zero attached hydrogens (tertiary/aromatic N) is 1. The molecule has 0 heterocycles. The van der Waals surface area contributed by atoms with E-state index in [9.17, 15) is 9.90 Å². The standard InChI is InChI=1S/C20H25NO4/c1-24-15-13-21(14-16-25-2)19(22)20(23,17-9-5-3-6-10-17)18-11-7-4-8-12-18/h3-12,23H,13-16H2,1-2H3. The zero-order valence-electron chi connectivity index (χ0n) is 14.7. The van der Waals surface area contributed by atoms with Gasteiger partial charge in [0.05, 0.1) is 13.2 Å². The number of methoxy groups -OCH3 is 2. The van der Waals surface area contributed by atoms with Crippen molar-refractivity contribution >= 4 is 5.91 Å². The summed E-state index contributed by atoms with van der Waals surface area (Å²) in [6.07, 6.45) is 0. The molecule has 0 bridgehead atoms. The first-order valence-corrected chi connectivity index (χ1v) is 8.25. The molecule has 0 aromatic heterocycles. The lowest BCUT2D eigenvalue weighted by Crippen LogP contribution is -2.49. The summed E-state index contributed by atoms with van der Waals surface area (Å²) in [5, 5.41) is 11.5. The Morgan fingerprint density at radius 1 is 0.880 bits per heavy atom. The lowest BCUT2D eigenvalue weighted by molar-refractivity contribution is -0.149. The Morgan fingerprint density at radius 2 is 1.28 bits per heavy atom. The summed E-state index contributed by atoms with van der Waals surface area (Å²) >= 11 is 0. The number of carbonyl (C=O) groups is 1. The Bertz CT molecular complexity index is 598. The molecule has 0 atom stereocenters. The number of rotatable bonds is 9. The van der Waals surface area contributed by atoms with Crippen LogP contribution in [0.25, 0.3) is 0 Å². The predicted octanol–water partition coefficient (Wildman–Crippen LogP) is 2.04. The first-order valence-electron chi connectivity index (χ1n) is 8.25. The van der Waals surface area contributed by atoms with Gasteiger partial charge in [0.1, 0.15) is 0 Å². The summed E-state index contributed by atoms with van der Waals surface area (Å²) in [4.78, 5) is 14.9. The van der Waals surface area contributed by atoms with E-state index in [1.165, 1.54) is 0 Å². The van der Waals surface area contributed by atoms with Gasteiger partial charge in [0.2, 0.25) is 0 Å². The first kappa shape index (κ1) is 19.1. The Balaban J connectivity index is 2.45. The van der Waals surface area contributed by atoms with Crippen LogP contribution in [0.5, 0.6) is 0 Å². The number of carbonyl (C=O) groups excluding carboxylic acids is 1. The normalized spacial score (nSPS) is 11.3. The number of aliphatic hydroxyl groups is 1. The number of benzene rings is 2. The molecule has 1 N–H and O–H groups in total. The Labute approximate surface area is 148 Å². The van der Waals surface area contributed by atoms with Crippen molar-refractivity contribution in [2.24, 2.45) is 0 Å². The van der Waals surface area contributed by atoms with Crippen molar-refractivity contribution in [2.45, 2.75) is 5.60 Å². The predicted molar refractivity (Wildman–Crippen MR) is 96.2 cm³/mol. The summed E-state index contributed by atoms with van der Waals surface area (Å²) < 4.78 is 10.2. The molecule has 0 spiro atoms. The minimum atomic E-state index is -1.76. The molecule has 0 radical (unpaired) electrons. The number of amides is 1. The van der Waals surface area contributed by atoms with Crippen LogP contribution in [0, 0.1) is 0 Å². The van der Waals surface area contributed by atoms with Crippen LogP contribution in [0.1, 0.15) is 11.1 Å². The third-order valence-corrected chi connectivity index (χ3v) is 4.11. The van der Waals surface area contributed by atoms with Crippen molar-refractivity contribution in [1.82, 2.24) is 4.90 Å². The third-order valence-electron chi connectivity index (χ3n) is 4.11. The van der Waals surface area contributed by atoms with Gasteiger partial charge in [0, 0.05) is 27.3 Å². The molecule has 0 aliphatic heterocycles. The van der Waals surface area contributed by atoms with Gasteiger partial charge in [-0.05, 0) is 11.1 Å². The molecule has 1 amide bonds. The van der Waals surface area contributed by atoms with E-state index in [1.807, 2.05) is 36.4 Å². The summed E-state index contributed by atoms with van der Waals surface area (Å²) in [5.74, 6) is -0.390. The van der Waals surface area contributed by atoms with Crippen LogP contribution in [-0.4, -0.2) is 56.4 Å². The minimum Gasteiger partial charge on any atom is -0.383 e. The van der Waals surface area contributed by atoms with E-state index >= 15 is 0 Å². The fraction of sp³-hybridized carbons (Fsp3) is 0.350. The van der Waals surface area contributed by atoms with Gasteiger partial charge >= 0.3 is 0 Å². The molecule has 2 rings (SSSR count). The molecular formula is C20H25NO4. The van der Waals surface area contributed by atoms with Crippen LogP contribution in [0.3, 0.4) is 0 Å². The molecule has 0 saturated heterocycles. The Kier molecular flexibility index (Phi) is 7.13. The van der Waals surface area contributed by atoms with Gasteiger partial charge in [0.15, 0.2) is 5.60 Å². The molecular weight excluding hydrogens is 318 g/mol. The Hall–Kier alpha value is -2.21. The molecule has 2 aromatic rings. The molecule has 0 aliphatic carbocycles. The van der Waals surface area contributed by atoms with Crippen LogP contribution in [0.4, 0.5) is 0 Å². The smallest absolute Gasteiger partial charge is 0.264 e. The van der Waals surface area contributed by atoms with Crippen LogP contribution in [0.15, 0.2) is 60.7 Å². The van der Waals surface area contributed by atoms with Crippen LogP contribution >= 0.6 is 0 Å². The van der Waals surface area contributed by atoms with E-state index in [1.54, 1.807) is 43.4 Å². The van der Waals surface area contributed by atoms with Gasteiger partial charge in [-0.3, -0.25) is 4.79 Å². The largest absolute Gasteiger partial charge is 0.383 e. The average molecular weight is 343 g/mol. The summed E-state index contributed by atoms with van der Waals surface area (Å²) in [5.41, 5.74) is -0.693. The van der Waals surface area contributed by atoms with E-state index in [-0.39, 0.29) is 5.91 Å². The molecule has 0 aliphatic rings. The van der Waals surface area contributed by atoms with Gasteiger partial charge < -0.3 is 19.5 Å². The SMILES string of the molecule is COCCN(CCOC)C(=O)C(O)(c1ccccc1)c1ccccc1. The van der Waals surface area contributed by atoms with Crippen molar-refractivity contribution in [3.8, 4) is 0 Å². The highest BCUT2D eigenvalue weighted by Crippen LogP contribution is 2.31. The molecule has 0 fully saturated rings. The molecule has 5 nitrogen and oxygen atoms in total. The van der Waals surface area contributed by atoms with Crippen LogP contribution in [0.2, 0.25) is 0 Å². The van der Waals surface area contributed by atoms with E-state index in [0.717, 1.165) is 0 Å². The van der Waals surface area contributed by atoms with E-state index in [4.69, 9.17) is 9.47 Å². The zero-order chi connectivity index (χ0) is 18.1. The molecule has 5 heteroatoms. The van der Waals surface area contributed by atoms with Gasteiger partial charge in [-0.2, -0.15) is 0 Å². The maximum atomic E-state index is 13.3. The highest BCUT2D eigenvalue weighted by Gasteiger charge is 2.42. The van der Waals surface area contributed by atoms with Gasteiger partial charge in [-0.15, -0.1) is 0 Å². The summed E-state index contributed by atoms with van der Waals surface area (Å²) in [6, 6.07) is 18.0. The second kappa shape index (κ2) is 9.32. The minimum absolute atomic E-state index is 0.376. The van der Waals surface area contributed by atoms with E-state index in [2.05, 4.69) is 0 Å². The van der Waals surface area contributed by atoms with Gasteiger partial charge in [0.25, 0.3) is 5.91 Å². The summed E-state index contributed by atoms with van der Waals surface area (Å²) in [6.45, 7) is 1.52. The summed E-state index contributed by atoms with van der Waals surface area (Å²) in [7, 11) is 3.17. The van der Waals surface area contributed by atoms with Crippen LogP contribution in [-0.2, 0) is 19.9 Å². The molecule has 25 heavy (non-hydrogen) atoms. The molecule has 2 aromatic carbocycles. The number of hydrogen-bond acceptors (Lipinski definition) is 4. The second-order valence-corrected chi connectivity index (χ2v) is 5.72. The quantitative estimate of drug-likeness (QED) is 0.757. The van der Waals surface area contributed by atoms with E-state index < -0.39 is 5.60 Å². The fourth-order valence-corrected chi connectivity index (χ4v) is 2.72. The van der Waals surface area contributed by atoms with Crippen molar-refractivity contribution in [2.75, 3.05) is 40.5 Å². The average Bonchev–Trinajstić information content (AvgIpc) is 2.68. The zero-order valence-corrected chi connectivity index (χ0v) is 14.7. The first-order chi connectivity index (χ1) is 12.1. The van der Waals surface area contributed by atoms with Gasteiger partial charge in [-0.1, -0.05) is 60.7 Å². The topological polar surface area (TPSA) is 59.0 Å². The monoisotopic (exact) mass is 343 g/mol. The van der Waals surface area contributed by atoms with E-state index in [0.29, 0.717) is 37.4 Å². The van der Waals surface area contributed by atoms with Crippen LogP contribution < -0.4 is 0 Å². The fourth-order valence-electron chi connectivity index (χ4n) is 2.72. The lowest BCUT2D eigenvalue weighted by atomic mass is 9.85. The highest BCUT2D eigenvalue weighted by molar-refractivity contribution is 5.90. The maximum absolute atomic E-state index is 13.3. The number of hydrogen-bond donors (Lipinski definition) is 1. The second-order valence-electron chi connectivity index (χ2n) is 5.72. The maximum Gasteiger partial charge on any atom is 0.264 e. The number of ether oxygens (including phenoxy) is 2. The molecule has 134 valence electrons. The Morgan fingerprint density at radius 3 is 1.64 bits per heavy atom. The van der Waals surface area contributed by atoms with Crippen molar-refractivity contribution < 1.29 is 19.4 Å². The molecule has 0 unspecified atom stereocenters. The highest BCUT2D eigenvalue weighted by atomic mass is 16.5. The van der Waals surface area contributed by atoms with Crippen molar-refractivity contribution in [3.63, 3.8) is 0 Å². The molecule has 0 saturated carbocycles.